The van der Waals surface area contributed by atoms with Crippen molar-refractivity contribution in [3.63, 3.8) is 0 Å². The van der Waals surface area contributed by atoms with Crippen LogP contribution in [0.25, 0.3) is 0 Å². The normalized spacial score (nSPS) is 14.5. The van der Waals surface area contributed by atoms with Gasteiger partial charge in [0, 0.05) is 31.0 Å². The van der Waals surface area contributed by atoms with Gasteiger partial charge in [0.05, 0.1) is 12.1 Å². The fraction of sp³-hybridized carbons (Fsp3) is 0.381. The molecule has 0 spiro atoms. The second-order valence-electron chi connectivity index (χ2n) is 7.16. The van der Waals surface area contributed by atoms with Crippen molar-refractivity contribution in [3.8, 4) is 0 Å². The molecular weight excluding hydrogens is 367 g/mol. The average molecular weight is 391 g/mol. The van der Waals surface area contributed by atoms with Gasteiger partial charge in [-0.2, -0.15) is 13.2 Å². The van der Waals surface area contributed by atoms with Crippen molar-refractivity contribution in [2.24, 2.45) is 0 Å². The molecule has 150 valence electrons. The largest absolute Gasteiger partial charge is 0.416 e. The summed E-state index contributed by atoms with van der Waals surface area (Å²) in [6.07, 6.45) is -1.91. The Kier molecular flexibility index (Phi) is 6.24. The van der Waals surface area contributed by atoms with E-state index in [9.17, 15) is 18.0 Å². The molecule has 0 bridgehead atoms. The van der Waals surface area contributed by atoms with Crippen molar-refractivity contribution in [2.45, 2.75) is 25.6 Å². The number of nitrogens with zero attached hydrogens (tertiary/aromatic N) is 2. The Hall–Kier alpha value is -2.54. The van der Waals surface area contributed by atoms with Crippen LogP contribution in [0.1, 0.15) is 24.0 Å². The number of likely N-dealkylation sites (N-methyl/N-ethyl adjacent to an activating group) is 1. The van der Waals surface area contributed by atoms with Crippen molar-refractivity contribution in [2.75, 3.05) is 36.9 Å². The first-order valence-corrected chi connectivity index (χ1v) is 9.31. The summed E-state index contributed by atoms with van der Waals surface area (Å²) in [5.41, 5.74) is 1.94. The first-order valence-electron chi connectivity index (χ1n) is 9.31. The zero-order valence-electron chi connectivity index (χ0n) is 15.8. The summed E-state index contributed by atoms with van der Waals surface area (Å²) in [7, 11) is 1.76. The van der Waals surface area contributed by atoms with E-state index in [-0.39, 0.29) is 12.5 Å². The number of carbonyl (C=O) groups is 1. The lowest BCUT2D eigenvalue weighted by Gasteiger charge is -2.19. The van der Waals surface area contributed by atoms with E-state index in [1.54, 1.807) is 11.9 Å². The van der Waals surface area contributed by atoms with Crippen molar-refractivity contribution >= 4 is 17.3 Å². The molecule has 0 radical (unpaired) electrons. The second-order valence-corrected chi connectivity index (χ2v) is 7.16. The molecule has 1 aliphatic heterocycles. The molecular formula is C21H24F3N3O. The summed E-state index contributed by atoms with van der Waals surface area (Å²) in [5.74, 6) is -0.164. The molecule has 1 aliphatic rings. The van der Waals surface area contributed by atoms with Gasteiger partial charge in [-0.3, -0.25) is 9.69 Å². The molecule has 0 unspecified atom stereocenters. The highest BCUT2D eigenvalue weighted by Crippen LogP contribution is 2.29. The van der Waals surface area contributed by atoms with Gasteiger partial charge < -0.3 is 10.2 Å². The summed E-state index contributed by atoms with van der Waals surface area (Å²) < 4.78 is 37.8. The van der Waals surface area contributed by atoms with Crippen molar-refractivity contribution in [3.05, 3.63) is 59.7 Å². The topological polar surface area (TPSA) is 35.6 Å². The van der Waals surface area contributed by atoms with Crippen LogP contribution in [0.4, 0.5) is 24.5 Å². The number of hydrogen-bond acceptors (Lipinski definition) is 3. The summed E-state index contributed by atoms with van der Waals surface area (Å²) in [4.78, 5) is 16.3. The summed E-state index contributed by atoms with van der Waals surface area (Å²) in [6.45, 7) is 2.68. The molecule has 0 aromatic heterocycles. The molecule has 3 rings (SSSR count). The van der Waals surface area contributed by atoms with Gasteiger partial charge in [0.1, 0.15) is 0 Å². The number of hydrogen-bond donors (Lipinski definition) is 1. The lowest BCUT2D eigenvalue weighted by molar-refractivity contribution is -0.137. The first kappa shape index (κ1) is 20.2. The molecule has 28 heavy (non-hydrogen) atoms. The van der Waals surface area contributed by atoms with Gasteiger partial charge >= 0.3 is 6.18 Å². The molecule has 0 aliphatic carbocycles. The fourth-order valence-electron chi connectivity index (χ4n) is 3.34. The van der Waals surface area contributed by atoms with Gasteiger partial charge in [-0.1, -0.05) is 12.1 Å². The standard InChI is InChI=1S/C21H24F3N3O/c1-26(14-16-4-6-17(7-5-16)21(22,23)24)15-20(28)25-18-8-10-19(11-9-18)27-12-2-3-13-27/h4-11H,2-3,12-15H2,1H3,(H,25,28). The molecule has 1 fully saturated rings. The second kappa shape index (κ2) is 8.65. The molecule has 1 N–H and O–H groups in total. The Morgan fingerprint density at radius 2 is 1.64 bits per heavy atom. The van der Waals surface area contributed by atoms with E-state index in [0.29, 0.717) is 6.54 Å². The first-order chi connectivity index (χ1) is 13.3. The molecule has 0 saturated carbocycles. The third-order valence-corrected chi connectivity index (χ3v) is 4.77. The maximum atomic E-state index is 12.6. The smallest absolute Gasteiger partial charge is 0.372 e. The van der Waals surface area contributed by atoms with E-state index < -0.39 is 11.7 Å². The highest BCUT2D eigenvalue weighted by atomic mass is 19.4. The van der Waals surface area contributed by atoms with Crippen LogP contribution in [0, 0.1) is 0 Å². The predicted molar refractivity (Wildman–Crippen MR) is 104 cm³/mol. The van der Waals surface area contributed by atoms with Gasteiger partial charge in [-0.05, 0) is 61.9 Å². The highest BCUT2D eigenvalue weighted by molar-refractivity contribution is 5.92. The number of anilines is 2. The highest BCUT2D eigenvalue weighted by Gasteiger charge is 2.29. The molecule has 1 heterocycles. The number of benzene rings is 2. The van der Waals surface area contributed by atoms with Gasteiger partial charge in [0.2, 0.25) is 5.91 Å². The van der Waals surface area contributed by atoms with Gasteiger partial charge in [-0.15, -0.1) is 0 Å². The Bertz CT molecular complexity index is 782. The van der Waals surface area contributed by atoms with Crippen LogP contribution in [0.3, 0.4) is 0 Å². The van der Waals surface area contributed by atoms with E-state index >= 15 is 0 Å². The lowest BCUT2D eigenvalue weighted by atomic mass is 10.1. The minimum atomic E-state index is -4.34. The Balaban J connectivity index is 1.48. The zero-order chi connectivity index (χ0) is 20.1. The molecule has 1 amide bonds. The van der Waals surface area contributed by atoms with Crippen LogP contribution in [0.15, 0.2) is 48.5 Å². The summed E-state index contributed by atoms with van der Waals surface area (Å²) in [5, 5.41) is 2.86. The Morgan fingerprint density at radius 3 is 2.21 bits per heavy atom. The van der Waals surface area contributed by atoms with Crippen molar-refractivity contribution < 1.29 is 18.0 Å². The van der Waals surface area contributed by atoms with Crippen molar-refractivity contribution in [1.29, 1.82) is 0 Å². The van der Waals surface area contributed by atoms with E-state index in [4.69, 9.17) is 0 Å². The molecule has 7 heteroatoms. The molecule has 0 atom stereocenters. The maximum absolute atomic E-state index is 12.6. The number of nitrogens with one attached hydrogen (secondary N) is 1. The Morgan fingerprint density at radius 1 is 1.04 bits per heavy atom. The van der Waals surface area contributed by atoms with Crippen LogP contribution in [-0.4, -0.2) is 37.5 Å². The van der Waals surface area contributed by atoms with Crippen LogP contribution >= 0.6 is 0 Å². The van der Waals surface area contributed by atoms with Crippen LogP contribution in [-0.2, 0) is 17.5 Å². The molecule has 1 saturated heterocycles. The SMILES string of the molecule is CN(CC(=O)Nc1ccc(N2CCCC2)cc1)Cc1ccc(C(F)(F)F)cc1. The molecule has 2 aromatic carbocycles. The van der Waals surface area contributed by atoms with Crippen molar-refractivity contribution in [1.82, 2.24) is 4.90 Å². The molecule has 4 nitrogen and oxygen atoms in total. The number of carbonyl (C=O) groups excluding carboxylic acids is 1. The maximum Gasteiger partial charge on any atom is 0.416 e. The third-order valence-electron chi connectivity index (χ3n) is 4.77. The number of amides is 1. The predicted octanol–water partition coefficient (Wildman–Crippen LogP) is 4.38. The quantitative estimate of drug-likeness (QED) is 0.794. The van der Waals surface area contributed by atoms with Gasteiger partial charge in [0.25, 0.3) is 0 Å². The average Bonchev–Trinajstić information content (AvgIpc) is 3.16. The number of alkyl halides is 3. The summed E-state index contributed by atoms with van der Waals surface area (Å²) in [6, 6.07) is 12.8. The van der Waals surface area contributed by atoms with E-state index in [1.807, 2.05) is 24.3 Å². The van der Waals surface area contributed by atoms with E-state index in [2.05, 4.69) is 10.2 Å². The minimum absolute atomic E-state index is 0.148. The summed E-state index contributed by atoms with van der Waals surface area (Å²) >= 11 is 0. The monoisotopic (exact) mass is 391 g/mol. The van der Waals surface area contributed by atoms with Crippen LogP contribution in [0.5, 0.6) is 0 Å². The van der Waals surface area contributed by atoms with Gasteiger partial charge in [0.15, 0.2) is 0 Å². The van der Waals surface area contributed by atoms with Crippen LogP contribution < -0.4 is 10.2 Å². The van der Waals surface area contributed by atoms with Gasteiger partial charge in [-0.25, -0.2) is 0 Å². The number of halogens is 3. The van der Waals surface area contributed by atoms with Crippen LogP contribution in [0.2, 0.25) is 0 Å². The Labute approximate surface area is 162 Å². The zero-order valence-corrected chi connectivity index (χ0v) is 15.8. The minimum Gasteiger partial charge on any atom is -0.372 e. The molecule has 2 aromatic rings. The van der Waals surface area contributed by atoms with E-state index in [1.165, 1.54) is 25.0 Å². The third kappa shape index (κ3) is 5.48. The van der Waals surface area contributed by atoms with E-state index in [0.717, 1.165) is 42.2 Å². The number of rotatable bonds is 6. The lowest BCUT2D eigenvalue weighted by Crippen LogP contribution is -2.29. The fourth-order valence-corrected chi connectivity index (χ4v) is 3.34.